The van der Waals surface area contributed by atoms with Crippen molar-refractivity contribution >= 4 is 58.0 Å². The van der Waals surface area contributed by atoms with Crippen LogP contribution in [-0.4, -0.2) is 76.6 Å². The SMILES string of the molecule is C.C.C[C@@H](OC[C@@]1(c2ccccc2)CC[C@@](N)(C#N)CN1C(=O)OCc1ccccc1)c1cc(C(F)(F)F)cc(C(F)(F)F)c1.C[C@@H](OC[C@@]1(c2ccccc2)CC[C@](C#N)(CC(=O)CCCCl)CN1C(=O)OCc1ccccc1)c1cc(C(F)(F)F)cc(C(F)(F)F)c1.O=C(Cl)CCCCl. The lowest BCUT2D eigenvalue weighted by Crippen LogP contribution is -2.64. The third-order valence-electron chi connectivity index (χ3n) is 16.8. The van der Waals surface area contributed by atoms with Crippen LogP contribution in [0.4, 0.5) is 62.3 Å². The van der Waals surface area contributed by atoms with E-state index in [2.05, 4.69) is 6.07 Å². The molecule has 0 unspecified atom stereocenters. The summed E-state index contributed by atoms with van der Waals surface area (Å²) in [6.45, 7) is 1.21. The number of halogens is 15. The summed E-state index contributed by atoms with van der Waals surface area (Å²) in [6.07, 6.45) is -22.4. The Bertz CT molecular complexity index is 3670. The van der Waals surface area contributed by atoms with Crippen molar-refractivity contribution in [2.45, 2.75) is 153 Å². The number of benzene rings is 6. The van der Waals surface area contributed by atoms with Gasteiger partial charge >= 0.3 is 36.9 Å². The molecule has 0 bridgehead atoms. The summed E-state index contributed by atoms with van der Waals surface area (Å²) < 4.78 is 186. The molecule has 8 rings (SSSR count). The van der Waals surface area contributed by atoms with Gasteiger partial charge in [0.1, 0.15) is 24.5 Å². The zero-order valence-corrected chi connectivity index (χ0v) is 55.8. The number of piperidine rings is 2. The molecule has 0 saturated carbocycles. The molecule has 6 aromatic rings. The number of hydrogen-bond donors (Lipinski definition) is 1. The molecule has 548 valence electrons. The molecule has 0 radical (unpaired) electrons. The van der Waals surface area contributed by atoms with E-state index in [-0.39, 0.29) is 133 Å². The van der Waals surface area contributed by atoms with Crippen LogP contribution in [0.15, 0.2) is 158 Å². The van der Waals surface area contributed by atoms with Crippen LogP contribution in [0.2, 0.25) is 0 Å². The van der Waals surface area contributed by atoms with E-state index in [0.717, 1.165) is 0 Å². The molecule has 13 nitrogen and oxygen atoms in total. The minimum Gasteiger partial charge on any atom is -0.445 e. The van der Waals surface area contributed by atoms with Crippen LogP contribution < -0.4 is 5.73 Å². The Labute approximate surface area is 594 Å². The lowest BCUT2D eigenvalue weighted by molar-refractivity contribution is -0.145. The van der Waals surface area contributed by atoms with Crippen molar-refractivity contribution in [3.63, 3.8) is 0 Å². The van der Waals surface area contributed by atoms with Gasteiger partial charge in [-0.2, -0.15) is 63.2 Å². The van der Waals surface area contributed by atoms with Gasteiger partial charge in [0, 0.05) is 37.6 Å². The van der Waals surface area contributed by atoms with E-state index in [1.807, 2.05) is 6.07 Å². The first-order valence-corrected chi connectivity index (χ1v) is 32.3. The van der Waals surface area contributed by atoms with Gasteiger partial charge in [0.2, 0.25) is 5.24 Å². The monoisotopic (exact) mass is 1490 g/mol. The number of nitrogens with zero attached hydrogens (tertiary/aromatic N) is 4. The number of carbonyl (C=O) groups excluding carboxylic acids is 4. The lowest BCUT2D eigenvalue weighted by Gasteiger charge is -2.51. The van der Waals surface area contributed by atoms with Crippen molar-refractivity contribution < 1.29 is 90.8 Å². The predicted molar refractivity (Wildman–Crippen MR) is 357 cm³/mol. The molecule has 2 fully saturated rings. The van der Waals surface area contributed by atoms with Crippen LogP contribution in [0.25, 0.3) is 0 Å². The fourth-order valence-corrected chi connectivity index (χ4v) is 11.7. The van der Waals surface area contributed by atoms with E-state index in [1.54, 1.807) is 121 Å². The molecule has 0 aromatic heterocycles. The van der Waals surface area contributed by atoms with Crippen LogP contribution in [0.5, 0.6) is 0 Å². The Morgan fingerprint density at radius 2 is 0.861 bits per heavy atom. The van der Waals surface area contributed by atoms with E-state index in [0.29, 0.717) is 71.7 Å². The number of nitriles is 2. The highest BCUT2D eigenvalue weighted by molar-refractivity contribution is 6.63. The van der Waals surface area contributed by atoms with Crippen molar-refractivity contribution in [3.8, 4) is 12.1 Å². The van der Waals surface area contributed by atoms with Gasteiger partial charge in [-0.25, -0.2) is 9.59 Å². The summed E-state index contributed by atoms with van der Waals surface area (Å²) in [5, 5.41) is 19.9. The fourth-order valence-electron chi connectivity index (χ4n) is 11.3. The topological polar surface area (TPSA) is 185 Å². The van der Waals surface area contributed by atoms with Crippen LogP contribution in [0, 0.1) is 28.1 Å². The Hall–Kier alpha value is -7.91. The van der Waals surface area contributed by atoms with Gasteiger partial charge in [-0.1, -0.05) is 136 Å². The van der Waals surface area contributed by atoms with E-state index in [4.69, 9.17) is 59.5 Å². The summed E-state index contributed by atoms with van der Waals surface area (Å²) in [5.41, 5.74) is -3.24. The molecule has 0 aliphatic carbocycles. The van der Waals surface area contributed by atoms with E-state index >= 15 is 0 Å². The molecule has 28 heteroatoms. The number of likely N-dealkylation sites (tertiary alicyclic amines) is 2. The second-order valence-electron chi connectivity index (χ2n) is 23.9. The van der Waals surface area contributed by atoms with Crippen LogP contribution in [0.3, 0.4) is 0 Å². The molecule has 2 N–H and O–H groups in total. The van der Waals surface area contributed by atoms with Gasteiger partial charge in [0.15, 0.2) is 0 Å². The Morgan fingerprint density at radius 3 is 1.19 bits per heavy atom. The molecule has 2 aliphatic rings. The highest BCUT2D eigenvalue weighted by Crippen LogP contribution is 2.49. The van der Waals surface area contributed by atoms with Gasteiger partial charge in [0.25, 0.3) is 0 Å². The number of hydrogen-bond acceptors (Lipinski definition) is 11. The van der Waals surface area contributed by atoms with Gasteiger partial charge in [0.05, 0.1) is 82.9 Å². The normalized spacial score (nSPS) is 19.7. The van der Waals surface area contributed by atoms with Crippen molar-refractivity contribution in [2.24, 2.45) is 11.1 Å². The summed E-state index contributed by atoms with van der Waals surface area (Å²) in [7, 11) is 0. The number of ketones is 1. The predicted octanol–water partition coefficient (Wildman–Crippen LogP) is 20.0. The molecular formula is C73H78Cl3F12N5O8. The lowest BCUT2D eigenvalue weighted by atomic mass is 9.69. The van der Waals surface area contributed by atoms with Crippen molar-refractivity contribution in [2.75, 3.05) is 38.1 Å². The highest BCUT2D eigenvalue weighted by Gasteiger charge is 2.54. The Morgan fingerprint density at radius 1 is 0.515 bits per heavy atom. The van der Waals surface area contributed by atoms with Gasteiger partial charge < -0.3 is 24.7 Å². The van der Waals surface area contributed by atoms with E-state index < -0.39 is 93.4 Å². The Kier molecular flexibility index (Phi) is 31.6. The van der Waals surface area contributed by atoms with Gasteiger partial charge in [-0.05, 0) is 134 Å². The standard InChI is InChI=1S/C36H35ClF6N2O4.C31H29F6N3O3.C4H6Cl2O.2CH4/c1-25(27-17-29(35(38,39)40)19-30(18-27)36(41,42)43)49-24-34(28-11-6-3-7-12-28)15-14-33(22-44,20-31(46)13-8-16-37)23-45(34)32(47)48-21-26-9-4-2-5-10-26;1-21(23-14-25(30(32,33)34)16-26(15-23)31(35,36)37)43-20-29(24-10-6-3-7-11-24)13-12-28(39,18-38)19-40(29)27(41)42-17-22-8-4-2-5-9-22;5-3-1-2-4(6)7;;/h2-7,9-12,17-19,25H,8,13-16,20-21,23-24H2,1H3;2-11,14-16,21H,12-13,17,19-20,39H2,1H3;1-3H2;2*1H4/t25-,33-,34-;21-,28-,29-;;;/m11.../s1. The fraction of sp³-hybridized carbons (Fsp3) is 0.425. The zero-order valence-electron chi connectivity index (χ0n) is 53.5. The zero-order chi connectivity index (χ0) is 73.0. The van der Waals surface area contributed by atoms with Crippen molar-refractivity contribution in [3.05, 3.63) is 213 Å². The largest absolute Gasteiger partial charge is 0.445 e. The molecule has 6 atom stereocenters. The maximum absolute atomic E-state index is 14.0. The molecule has 101 heavy (non-hydrogen) atoms. The molecular weight excluding hydrogens is 1410 g/mol. The first kappa shape index (κ1) is 85.5. The second kappa shape index (κ2) is 37.3. The number of nitrogens with two attached hydrogens (primary N) is 1. The third-order valence-corrected chi connectivity index (χ3v) is 17.5. The molecule has 2 aliphatic heterocycles. The number of alkyl halides is 14. The molecule has 6 aromatic carbocycles. The Balaban J connectivity index is 0.000000386. The molecule has 2 heterocycles. The van der Waals surface area contributed by atoms with Gasteiger partial charge in [-0.3, -0.25) is 19.4 Å². The summed E-state index contributed by atoms with van der Waals surface area (Å²) >= 11 is 16.0. The highest BCUT2D eigenvalue weighted by atomic mass is 35.5. The summed E-state index contributed by atoms with van der Waals surface area (Å²) in [4.78, 5) is 53.0. The quantitative estimate of drug-likeness (QED) is 0.0387. The van der Waals surface area contributed by atoms with Crippen LogP contribution >= 0.6 is 34.8 Å². The number of ether oxygens (including phenoxy) is 4. The maximum atomic E-state index is 14.0. The average molecular weight is 1490 g/mol. The number of carbonyl (C=O) groups is 4. The first-order chi connectivity index (χ1) is 46.6. The average Bonchev–Trinajstić information content (AvgIpc) is 0.755. The number of amides is 2. The minimum absolute atomic E-state index is 0. The van der Waals surface area contributed by atoms with Crippen molar-refractivity contribution in [1.29, 1.82) is 10.5 Å². The first-order valence-electron chi connectivity index (χ1n) is 30.9. The van der Waals surface area contributed by atoms with Crippen LogP contribution in [-0.2, 0) is 77.5 Å². The van der Waals surface area contributed by atoms with E-state index in [1.165, 1.54) is 23.6 Å². The van der Waals surface area contributed by atoms with Crippen LogP contribution in [0.1, 0.15) is 154 Å². The summed E-state index contributed by atoms with van der Waals surface area (Å²) in [6, 6.07) is 41.6. The number of Topliss-reactive ketones (excluding diaryl/α,β-unsaturated/α-hetero) is 1. The number of rotatable bonds is 22. The minimum atomic E-state index is -5.05. The molecule has 2 saturated heterocycles. The second-order valence-corrected chi connectivity index (χ2v) is 25.1. The molecule has 2 amide bonds. The summed E-state index contributed by atoms with van der Waals surface area (Å²) in [5.74, 6) is 0.562. The third kappa shape index (κ3) is 23.8. The molecule has 0 spiro atoms. The maximum Gasteiger partial charge on any atom is 0.416 e. The smallest absolute Gasteiger partial charge is 0.416 e. The van der Waals surface area contributed by atoms with E-state index in [9.17, 15) is 82.4 Å². The van der Waals surface area contributed by atoms with Gasteiger partial charge in [-0.15, -0.1) is 23.2 Å². The van der Waals surface area contributed by atoms with Crippen molar-refractivity contribution in [1.82, 2.24) is 9.80 Å².